The van der Waals surface area contributed by atoms with E-state index in [0.29, 0.717) is 30.2 Å². The number of nitrogens with one attached hydrogen (secondary N) is 1. The Balaban J connectivity index is 1.84. The topological polar surface area (TPSA) is 122 Å². The summed E-state index contributed by atoms with van der Waals surface area (Å²) in [4.78, 5) is 40.1. The Labute approximate surface area is 216 Å². The zero-order valence-electron chi connectivity index (χ0n) is 18.6. The highest BCUT2D eigenvalue weighted by molar-refractivity contribution is 6.39. The Morgan fingerprint density at radius 3 is 2.17 bits per heavy atom. The van der Waals surface area contributed by atoms with Crippen LogP contribution in [0.15, 0.2) is 36.4 Å². The van der Waals surface area contributed by atoms with Gasteiger partial charge in [-0.1, -0.05) is 60.3 Å². The summed E-state index contributed by atoms with van der Waals surface area (Å²) in [6.45, 7) is 2.40. The van der Waals surface area contributed by atoms with Crippen molar-refractivity contribution in [2.45, 2.75) is 39.2 Å². The summed E-state index contributed by atoms with van der Waals surface area (Å²) >= 11 is 18.3. The predicted molar refractivity (Wildman–Crippen MR) is 134 cm³/mol. The van der Waals surface area contributed by atoms with Gasteiger partial charge in [0.2, 0.25) is 0 Å². The van der Waals surface area contributed by atoms with Crippen molar-refractivity contribution in [3.63, 3.8) is 0 Å². The first-order chi connectivity index (χ1) is 16.6. The van der Waals surface area contributed by atoms with E-state index in [1.165, 1.54) is 12.1 Å². The maximum absolute atomic E-state index is 12.8. The molecule has 0 bridgehead atoms. The minimum Gasteiger partial charge on any atom is -0.481 e. The first kappa shape index (κ1) is 26.5. The van der Waals surface area contributed by atoms with E-state index in [9.17, 15) is 24.6 Å². The smallest absolute Gasteiger partial charge is 0.338 e. The number of benzene rings is 2. The number of halogens is 3. The van der Waals surface area contributed by atoms with E-state index in [4.69, 9.17) is 34.8 Å². The lowest BCUT2D eigenvalue weighted by molar-refractivity contribution is -0.136. The van der Waals surface area contributed by atoms with Crippen LogP contribution in [0.1, 0.15) is 57.6 Å². The van der Waals surface area contributed by atoms with Crippen molar-refractivity contribution in [2.75, 3.05) is 5.32 Å². The second-order valence-corrected chi connectivity index (χ2v) is 8.93. The van der Waals surface area contributed by atoms with Crippen LogP contribution in [-0.4, -0.2) is 37.6 Å². The molecule has 184 valence electrons. The number of imidazole rings is 1. The molecule has 0 radical (unpaired) electrons. The van der Waals surface area contributed by atoms with E-state index in [1.807, 2.05) is 4.57 Å². The zero-order valence-corrected chi connectivity index (χ0v) is 20.9. The Kier molecular flexibility index (Phi) is 8.77. The molecule has 3 N–H and O–H groups in total. The number of carboxylic acid groups (broad SMARTS) is 2. The van der Waals surface area contributed by atoms with E-state index < -0.39 is 17.8 Å². The number of aromatic carboxylic acids is 1. The van der Waals surface area contributed by atoms with Gasteiger partial charge in [0.25, 0.3) is 5.91 Å². The molecule has 2 aromatic carbocycles. The number of aliphatic carboxylic acids is 1. The van der Waals surface area contributed by atoms with Crippen molar-refractivity contribution in [3.8, 4) is 0 Å². The zero-order chi connectivity index (χ0) is 25.7. The molecule has 0 spiro atoms. The van der Waals surface area contributed by atoms with Crippen molar-refractivity contribution in [1.82, 2.24) is 9.55 Å². The SMILES string of the molecule is CCCCc1nc(Cl)c(CC(=O)O)n1Cc1ccc(NC(=O)c2c(Cl)ccc(Cl)c2C(=O)O)cc1. The first-order valence-corrected chi connectivity index (χ1v) is 11.8. The molecule has 0 atom stereocenters. The molecule has 0 aliphatic rings. The van der Waals surface area contributed by atoms with E-state index in [2.05, 4.69) is 17.2 Å². The number of unbranched alkanes of at least 4 members (excludes halogenated alkanes) is 1. The third-order valence-electron chi connectivity index (χ3n) is 5.27. The highest BCUT2D eigenvalue weighted by atomic mass is 35.5. The number of amides is 1. The Morgan fingerprint density at radius 2 is 1.60 bits per heavy atom. The van der Waals surface area contributed by atoms with Crippen LogP contribution in [0.4, 0.5) is 5.69 Å². The second kappa shape index (κ2) is 11.6. The number of hydrogen-bond acceptors (Lipinski definition) is 4. The first-order valence-electron chi connectivity index (χ1n) is 10.7. The fourth-order valence-corrected chi connectivity index (χ4v) is 4.33. The lowest BCUT2D eigenvalue weighted by Crippen LogP contribution is -2.17. The Bertz CT molecular complexity index is 1270. The van der Waals surface area contributed by atoms with Crippen molar-refractivity contribution >= 4 is 58.3 Å². The van der Waals surface area contributed by atoms with Crippen LogP contribution in [0.3, 0.4) is 0 Å². The van der Waals surface area contributed by atoms with Crippen LogP contribution in [0.5, 0.6) is 0 Å². The number of aromatic nitrogens is 2. The number of nitrogens with zero attached hydrogens (tertiary/aromatic N) is 2. The molecule has 1 heterocycles. The van der Waals surface area contributed by atoms with Crippen molar-refractivity contribution in [1.29, 1.82) is 0 Å². The molecule has 0 unspecified atom stereocenters. The summed E-state index contributed by atoms with van der Waals surface area (Å²) in [6, 6.07) is 9.48. The molecular formula is C24H22Cl3N3O5. The van der Waals surface area contributed by atoms with E-state index in [1.54, 1.807) is 24.3 Å². The molecule has 1 amide bonds. The van der Waals surface area contributed by atoms with Crippen LogP contribution in [0, 0.1) is 0 Å². The number of hydrogen-bond donors (Lipinski definition) is 3. The van der Waals surface area contributed by atoms with Gasteiger partial charge in [-0.3, -0.25) is 9.59 Å². The maximum Gasteiger partial charge on any atom is 0.338 e. The monoisotopic (exact) mass is 537 g/mol. The van der Waals surface area contributed by atoms with Crippen molar-refractivity contribution in [3.05, 3.63) is 79.8 Å². The normalized spacial score (nSPS) is 10.9. The number of carbonyl (C=O) groups excluding carboxylic acids is 1. The summed E-state index contributed by atoms with van der Waals surface area (Å²) < 4.78 is 1.81. The number of carboxylic acids is 2. The summed E-state index contributed by atoms with van der Waals surface area (Å²) in [7, 11) is 0. The second-order valence-electron chi connectivity index (χ2n) is 7.76. The summed E-state index contributed by atoms with van der Waals surface area (Å²) in [5, 5.41) is 21.4. The number of anilines is 1. The van der Waals surface area contributed by atoms with Crippen LogP contribution in [0.2, 0.25) is 15.2 Å². The van der Waals surface area contributed by atoms with Gasteiger partial charge < -0.3 is 20.1 Å². The molecule has 8 nitrogen and oxygen atoms in total. The van der Waals surface area contributed by atoms with Gasteiger partial charge >= 0.3 is 11.9 Å². The average molecular weight is 539 g/mol. The molecular weight excluding hydrogens is 517 g/mol. The fourth-order valence-electron chi connectivity index (χ4n) is 3.58. The number of carbonyl (C=O) groups is 3. The Hall–Kier alpha value is -3.07. The third-order valence-corrected chi connectivity index (χ3v) is 6.21. The molecule has 3 rings (SSSR count). The van der Waals surface area contributed by atoms with Crippen molar-refractivity contribution in [2.24, 2.45) is 0 Å². The minimum absolute atomic E-state index is 0.0384. The van der Waals surface area contributed by atoms with Gasteiger partial charge in [-0.15, -0.1) is 0 Å². The molecule has 11 heteroatoms. The van der Waals surface area contributed by atoms with E-state index in [0.717, 1.165) is 18.4 Å². The van der Waals surface area contributed by atoms with E-state index in [-0.39, 0.29) is 32.7 Å². The summed E-state index contributed by atoms with van der Waals surface area (Å²) in [5.41, 5.74) is 1.05. The predicted octanol–water partition coefficient (Wildman–Crippen LogP) is 5.81. The molecule has 0 fully saturated rings. The lowest BCUT2D eigenvalue weighted by Gasteiger charge is -2.13. The van der Waals surface area contributed by atoms with Gasteiger partial charge in [-0.25, -0.2) is 9.78 Å². The molecule has 0 aliphatic carbocycles. The molecule has 0 saturated heterocycles. The fraction of sp³-hybridized carbons (Fsp3) is 0.250. The summed E-state index contributed by atoms with van der Waals surface area (Å²) in [6.07, 6.45) is 2.25. The lowest BCUT2D eigenvalue weighted by atomic mass is 10.1. The highest BCUT2D eigenvalue weighted by Crippen LogP contribution is 2.28. The molecule has 35 heavy (non-hydrogen) atoms. The minimum atomic E-state index is -1.37. The third kappa shape index (κ3) is 6.33. The molecule has 1 aromatic heterocycles. The largest absolute Gasteiger partial charge is 0.481 e. The number of aryl methyl sites for hydroxylation is 1. The van der Waals surface area contributed by atoms with Crippen LogP contribution >= 0.6 is 34.8 Å². The van der Waals surface area contributed by atoms with Gasteiger partial charge in [0.1, 0.15) is 5.82 Å². The van der Waals surface area contributed by atoms with Crippen LogP contribution in [-0.2, 0) is 24.2 Å². The van der Waals surface area contributed by atoms with Crippen LogP contribution in [0.25, 0.3) is 0 Å². The van der Waals surface area contributed by atoms with Gasteiger partial charge in [0.15, 0.2) is 5.15 Å². The standard InChI is InChI=1S/C24H22Cl3N3O5/c1-2-3-4-18-29-22(27)17(11-19(31)32)30(18)12-13-5-7-14(8-6-13)28-23(33)20-15(25)9-10-16(26)21(20)24(34)35/h5-10H,2-4,11-12H2,1H3,(H,28,33)(H,31,32)(H,34,35). The van der Waals surface area contributed by atoms with Crippen molar-refractivity contribution < 1.29 is 24.6 Å². The van der Waals surface area contributed by atoms with Gasteiger partial charge in [0, 0.05) is 18.7 Å². The quantitative estimate of drug-likeness (QED) is 0.299. The highest BCUT2D eigenvalue weighted by Gasteiger charge is 2.23. The summed E-state index contributed by atoms with van der Waals surface area (Å²) in [5.74, 6) is -2.38. The van der Waals surface area contributed by atoms with Gasteiger partial charge in [0.05, 0.1) is 33.3 Å². The van der Waals surface area contributed by atoms with Crippen LogP contribution < -0.4 is 5.32 Å². The molecule has 3 aromatic rings. The number of rotatable bonds is 10. The molecule has 0 saturated carbocycles. The maximum atomic E-state index is 12.8. The van der Waals surface area contributed by atoms with Gasteiger partial charge in [-0.05, 0) is 36.2 Å². The average Bonchev–Trinajstić information content (AvgIpc) is 3.08. The van der Waals surface area contributed by atoms with E-state index >= 15 is 0 Å². The van der Waals surface area contributed by atoms with Gasteiger partial charge in [-0.2, -0.15) is 0 Å². The molecule has 0 aliphatic heterocycles. The Morgan fingerprint density at radius 1 is 0.971 bits per heavy atom.